The highest BCUT2D eigenvalue weighted by Gasteiger charge is 2.34. The minimum Gasteiger partial charge on any atom is -0.336 e. The molecule has 6 nitrogen and oxygen atoms in total. The Bertz CT molecular complexity index is 1180. The number of aromatic nitrogens is 1. The Morgan fingerprint density at radius 2 is 1.87 bits per heavy atom. The summed E-state index contributed by atoms with van der Waals surface area (Å²) >= 11 is 1.61. The van der Waals surface area contributed by atoms with Crippen molar-refractivity contribution in [3.63, 3.8) is 0 Å². The number of sulfone groups is 1. The number of nitrogens with zero attached hydrogens (tertiary/aromatic N) is 3. The Hall–Kier alpha value is -2.29. The third-order valence-corrected chi connectivity index (χ3v) is 8.69. The standard InChI is InChI=1S/C22H23N3O3S2/c26-22(25-10-8-24(9-11-25)16-7-13-30(27,28)15-16)18-14-20(21-6-3-12-29-21)23-19-5-2-1-4-17(18)19/h1-6,12,14,16H,7-11,13,15H2/t16-/m1/s1. The van der Waals surface area contributed by atoms with E-state index in [0.29, 0.717) is 38.2 Å². The fourth-order valence-corrected chi connectivity index (χ4v) is 6.87. The maximum Gasteiger partial charge on any atom is 0.254 e. The van der Waals surface area contributed by atoms with Crippen molar-refractivity contribution in [3.8, 4) is 10.6 Å². The van der Waals surface area contributed by atoms with Gasteiger partial charge in [0.15, 0.2) is 9.84 Å². The first kappa shape index (κ1) is 19.7. The average Bonchev–Trinajstić information content (AvgIpc) is 3.42. The quantitative estimate of drug-likeness (QED) is 0.625. The summed E-state index contributed by atoms with van der Waals surface area (Å²) in [5.41, 5.74) is 2.32. The maximum absolute atomic E-state index is 13.5. The fraction of sp³-hybridized carbons (Fsp3) is 0.364. The number of thiophene rings is 1. The number of fused-ring (bicyclic) bond motifs is 1. The van der Waals surface area contributed by atoms with E-state index in [0.717, 1.165) is 21.5 Å². The van der Waals surface area contributed by atoms with Gasteiger partial charge in [0, 0.05) is 37.6 Å². The summed E-state index contributed by atoms with van der Waals surface area (Å²) in [6.07, 6.45) is 0.704. The Labute approximate surface area is 180 Å². The van der Waals surface area contributed by atoms with E-state index >= 15 is 0 Å². The molecule has 156 valence electrons. The molecule has 2 aliphatic heterocycles. The molecular weight excluding hydrogens is 418 g/mol. The molecule has 3 aromatic rings. The number of para-hydroxylation sites is 1. The molecule has 0 radical (unpaired) electrons. The Balaban J connectivity index is 1.39. The predicted octanol–water partition coefficient (Wildman–Crippen LogP) is 2.91. The lowest BCUT2D eigenvalue weighted by molar-refractivity contribution is 0.0589. The third kappa shape index (κ3) is 3.75. The van der Waals surface area contributed by atoms with Crippen LogP contribution in [-0.4, -0.2) is 72.8 Å². The average molecular weight is 442 g/mol. The van der Waals surface area contributed by atoms with Crippen LogP contribution in [-0.2, 0) is 9.84 Å². The number of amides is 1. The van der Waals surface area contributed by atoms with Gasteiger partial charge in [-0.1, -0.05) is 24.3 Å². The molecule has 2 fully saturated rings. The van der Waals surface area contributed by atoms with Crippen LogP contribution in [0.1, 0.15) is 16.8 Å². The van der Waals surface area contributed by atoms with Crippen LogP contribution in [0, 0.1) is 0 Å². The van der Waals surface area contributed by atoms with Crippen LogP contribution >= 0.6 is 11.3 Å². The van der Waals surface area contributed by atoms with Gasteiger partial charge in [-0.15, -0.1) is 11.3 Å². The Morgan fingerprint density at radius 1 is 1.07 bits per heavy atom. The normalized spacial score (nSPS) is 21.9. The van der Waals surface area contributed by atoms with Crippen LogP contribution in [0.2, 0.25) is 0 Å². The summed E-state index contributed by atoms with van der Waals surface area (Å²) in [7, 11) is -2.90. The molecule has 0 spiro atoms. The summed E-state index contributed by atoms with van der Waals surface area (Å²) in [6, 6.07) is 13.8. The number of piperazine rings is 1. The molecule has 0 bridgehead atoms. The molecule has 0 unspecified atom stereocenters. The van der Waals surface area contributed by atoms with Gasteiger partial charge in [-0.3, -0.25) is 9.69 Å². The largest absolute Gasteiger partial charge is 0.336 e. The van der Waals surface area contributed by atoms with Gasteiger partial charge in [0.1, 0.15) is 0 Å². The number of pyridine rings is 1. The summed E-state index contributed by atoms with van der Waals surface area (Å²) < 4.78 is 23.6. The van der Waals surface area contributed by atoms with Crippen LogP contribution in [0.25, 0.3) is 21.5 Å². The molecule has 0 saturated carbocycles. The number of carbonyl (C=O) groups is 1. The first-order valence-corrected chi connectivity index (χ1v) is 12.9. The minimum atomic E-state index is -2.90. The lowest BCUT2D eigenvalue weighted by Gasteiger charge is -2.37. The molecule has 5 rings (SSSR count). The topological polar surface area (TPSA) is 70.6 Å². The first-order valence-electron chi connectivity index (χ1n) is 10.2. The molecule has 4 heterocycles. The summed E-state index contributed by atoms with van der Waals surface area (Å²) in [6.45, 7) is 2.65. The highest BCUT2D eigenvalue weighted by molar-refractivity contribution is 7.91. The second-order valence-electron chi connectivity index (χ2n) is 7.93. The van der Waals surface area contributed by atoms with Crippen LogP contribution in [0.15, 0.2) is 47.8 Å². The monoisotopic (exact) mass is 441 g/mol. The molecule has 1 aromatic carbocycles. The SMILES string of the molecule is O=C(c1cc(-c2cccs2)nc2ccccc12)N1CCN([C@@H]2CCS(=O)(=O)C2)CC1. The van der Waals surface area contributed by atoms with Gasteiger partial charge in [0.25, 0.3) is 5.91 Å². The molecule has 0 N–H and O–H groups in total. The van der Waals surface area contributed by atoms with E-state index in [1.54, 1.807) is 11.3 Å². The van der Waals surface area contributed by atoms with Gasteiger partial charge in [0.2, 0.25) is 0 Å². The van der Waals surface area contributed by atoms with E-state index in [9.17, 15) is 13.2 Å². The zero-order valence-corrected chi connectivity index (χ0v) is 18.2. The second kappa shape index (κ2) is 7.76. The first-order chi connectivity index (χ1) is 14.5. The number of benzene rings is 1. The van der Waals surface area contributed by atoms with E-state index in [-0.39, 0.29) is 23.5 Å². The summed E-state index contributed by atoms with van der Waals surface area (Å²) in [4.78, 5) is 23.4. The molecule has 8 heteroatoms. The van der Waals surface area contributed by atoms with E-state index in [2.05, 4.69) is 4.90 Å². The van der Waals surface area contributed by atoms with Crippen molar-refractivity contribution < 1.29 is 13.2 Å². The molecule has 30 heavy (non-hydrogen) atoms. The number of hydrogen-bond donors (Lipinski definition) is 0. The Morgan fingerprint density at radius 3 is 2.57 bits per heavy atom. The molecular formula is C22H23N3O3S2. The molecule has 0 aliphatic carbocycles. The van der Waals surface area contributed by atoms with E-state index < -0.39 is 9.84 Å². The smallest absolute Gasteiger partial charge is 0.254 e. The van der Waals surface area contributed by atoms with Gasteiger partial charge in [-0.05, 0) is 30.0 Å². The van der Waals surface area contributed by atoms with E-state index in [1.807, 2.05) is 52.7 Å². The van der Waals surface area contributed by atoms with Crippen molar-refractivity contribution in [3.05, 3.63) is 53.4 Å². The van der Waals surface area contributed by atoms with Gasteiger partial charge in [0.05, 0.1) is 33.2 Å². The molecule has 1 amide bonds. The van der Waals surface area contributed by atoms with Crippen LogP contribution in [0.5, 0.6) is 0 Å². The highest BCUT2D eigenvalue weighted by atomic mass is 32.2. The van der Waals surface area contributed by atoms with Gasteiger partial charge in [-0.2, -0.15) is 0 Å². The van der Waals surface area contributed by atoms with E-state index in [1.165, 1.54) is 0 Å². The van der Waals surface area contributed by atoms with Gasteiger partial charge in [-0.25, -0.2) is 13.4 Å². The highest BCUT2D eigenvalue weighted by Crippen LogP contribution is 2.29. The van der Waals surface area contributed by atoms with Crippen molar-refractivity contribution in [1.29, 1.82) is 0 Å². The molecule has 2 saturated heterocycles. The lowest BCUT2D eigenvalue weighted by atomic mass is 10.0. The van der Waals surface area contributed by atoms with Crippen LogP contribution in [0.3, 0.4) is 0 Å². The summed E-state index contributed by atoms with van der Waals surface area (Å²) in [5, 5.41) is 2.88. The zero-order chi connectivity index (χ0) is 20.7. The minimum absolute atomic E-state index is 0.0186. The van der Waals surface area contributed by atoms with Crippen molar-refractivity contribution in [2.75, 3.05) is 37.7 Å². The lowest BCUT2D eigenvalue weighted by Crippen LogP contribution is -2.52. The van der Waals surface area contributed by atoms with Gasteiger partial charge < -0.3 is 4.90 Å². The van der Waals surface area contributed by atoms with Gasteiger partial charge >= 0.3 is 0 Å². The molecule has 1 atom stereocenters. The molecule has 2 aromatic heterocycles. The number of hydrogen-bond acceptors (Lipinski definition) is 6. The third-order valence-electron chi connectivity index (χ3n) is 6.05. The van der Waals surface area contributed by atoms with Crippen molar-refractivity contribution in [2.24, 2.45) is 0 Å². The zero-order valence-electron chi connectivity index (χ0n) is 16.5. The summed E-state index contributed by atoms with van der Waals surface area (Å²) in [5.74, 6) is 0.552. The van der Waals surface area contributed by atoms with Crippen molar-refractivity contribution >= 4 is 38.0 Å². The number of rotatable bonds is 3. The number of carbonyl (C=O) groups excluding carboxylic acids is 1. The van der Waals surface area contributed by atoms with Crippen LogP contribution < -0.4 is 0 Å². The predicted molar refractivity (Wildman–Crippen MR) is 120 cm³/mol. The van der Waals surface area contributed by atoms with Crippen molar-refractivity contribution in [1.82, 2.24) is 14.8 Å². The second-order valence-corrected chi connectivity index (χ2v) is 11.1. The van der Waals surface area contributed by atoms with Crippen molar-refractivity contribution in [2.45, 2.75) is 12.5 Å². The van der Waals surface area contributed by atoms with Crippen LogP contribution in [0.4, 0.5) is 0 Å². The maximum atomic E-state index is 13.5. The van der Waals surface area contributed by atoms with E-state index in [4.69, 9.17) is 4.98 Å². The molecule has 2 aliphatic rings. The fourth-order valence-electron chi connectivity index (χ4n) is 4.43. The Kier molecular flexibility index (Phi) is 5.08.